The highest BCUT2D eigenvalue weighted by molar-refractivity contribution is 14.0. The molecule has 0 atom stereocenters. The van der Waals surface area contributed by atoms with Crippen molar-refractivity contribution in [1.29, 1.82) is 0 Å². The van der Waals surface area contributed by atoms with Gasteiger partial charge in [-0.3, -0.25) is 4.99 Å². The van der Waals surface area contributed by atoms with E-state index in [1.165, 1.54) is 4.88 Å². The maximum Gasteiger partial charge on any atom is 0.195 e. The molecule has 2 aromatic rings. The van der Waals surface area contributed by atoms with Crippen LogP contribution < -0.4 is 20.1 Å². The van der Waals surface area contributed by atoms with Crippen molar-refractivity contribution >= 4 is 47.0 Å². The van der Waals surface area contributed by atoms with Crippen molar-refractivity contribution in [3.63, 3.8) is 0 Å². The first-order valence-corrected chi connectivity index (χ1v) is 9.03. The summed E-state index contributed by atoms with van der Waals surface area (Å²) >= 11 is 1.76. The number of hydrogen-bond acceptors (Lipinski definition) is 4. The minimum Gasteiger partial charge on any atom is -0.493 e. The Morgan fingerprint density at radius 1 is 1.20 bits per heavy atom. The zero-order valence-electron chi connectivity index (χ0n) is 14.9. The molecule has 0 bridgehead atoms. The standard InChI is InChI=1S/C18H25N3O2S.HI/c1-4-19-18(20-11-10-15-7-6-12-24-15)21-14-8-9-16(23-5-2)17(13-14)22-3;/h6-9,12-13H,4-5,10-11H2,1-3H3,(H2,19,20,21);1H. The number of guanidine groups is 1. The Balaban J connectivity index is 0.00000312. The number of aliphatic imine (C=N–C) groups is 1. The molecule has 2 N–H and O–H groups in total. The molecule has 0 unspecified atom stereocenters. The van der Waals surface area contributed by atoms with Crippen LogP contribution in [0.5, 0.6) is 11.5 Å². The van der Waals surface area contributed by atoms with Crippen LogP contribution in [0, 0.1) is 0 Å². The van der Waals surface area contributed by atoms with E-state index in [4.69, 9.17) is 9.47 Å². The molecular formula is C18H26IN3O2S. The number of thiophene rings is 1. The second-order valence-corrected chi connectivity index (χ2v) is 6.05. The highest BCUT2D eigenvalue weighted by Crippen LogP contribution is 2.30. The second-order valence-electron chi connectivity index (χ2n) is 5.01. The van der Waals surface area contributed by atoms with Gasteiger partial charge in [-0.1, -0.05) is 6.07 Å². The van der Waals surface area contributed by atoms with Gasteiger partial charge in [0.1, 0.15) is 0 Å². The fraction of sp³-hybridized carbons (Fsp3) is 0.389. The summed E-state index contributed by atoms with van der Waals surface area (Å²) in [6.07, 6.45) is 0.945. The monoisotopic (exact) mass is 475 g/mol. The van der Waals surface area contributed by atoms with E-state index in [1.54, 1.807) is 18.4 Å². The minimum absolute atomic E-state index is 0. The van der Waals surface area contributed by atoms with Gasteiger partial charge in [0.05, 0.1) is 13.7 Å². The van der Waals surface area contributed by atoms with Gasteiger partial charge in [-0.15, -0.1) is 35.3 Å². The lowest BCUT2D eigenvalue weighted by atomic mass is 10.2. The van der Waals surface area contributed by atoms with Crippen LogP contribution in [0.15, 0.2) is 40.7 Å². The van der Waals surface area contributed by atoms with Crippen LogP contribution in [0.3, 0.4) is 0 Å². The molecule has 0 spiro atoms. The number of rotatable bonds is 8. The Labute approximate surface area is 170 Å². The molecule has 0 amide bonds. The van der Waals surface area contributed by atoms with Gasteiger partial charge in [-0.25, -0.2) is 0 Å². The van der Waals surface area contributed by atoms with Crippen LogP contribution in [0.2, 0.25) is 0 Å². The van der Waals surface area contributed by atoms with E-state index in [1.807, 2.05) is 25.1 Å². The van der Waals surface area contributed by atoms with Crippen molar-refractivity contribution in [3.8, 4) is 11.5 Å². The molecule has 0 saturated carbocycles. The van der Waals surface area contributed by atoms with Crippen molar-refractivity contribution in [2.24, 2.45) is 4.99 Å². The minimum atomic E-state index is 0. The quantitative estimate of drug-likeness (QED) is 0.338. The SMILES string of the molecule is CCNC(=NCCc1cccs1)Nc1ccc(OCC)c(OC)c1.I. The van der Waals surface area contributed by atoms with Crippen LogP contribution in [0.25, 0.3) is 0 Å². The Hall–Kier alpha value is -1.48. The Morgan fingerprint density at radius 3 is 2.68 bits per heavy atom. The van der Waals surface area contributed by atoms with Crippen LogP contribution >= 0.6 is 35.3 Å². The van der Waals surface area contributed by atoms with Gasteiger partial charge in [0.15, 0.2) is 17.5 Å². The Kier molecular flexibility index (Phi) is 10.3. The van der Waals surface area contributed by atoms with E-state index < -0.39 is 0 Å². The van der Waals surface area contributed by atoms with Crippen molar-refractivity contribution in [1.82, 2.24) is 5.32 Å². The molecule has 0 aliphatic carbocycles. The summed E-state index contributed by atoms with van der Waals surface area (Å²) in [6, 6.07) is 9.98. The lowest BCUT2D eigenvalue weighted by Gasteiger charge is -2.14. The third-order valence-corrected chi connectivity index (χ3v) is 4.21. The van der Waals surface area contributed by atoms with Crippen LogP contribution in [-0.4, -0.2) is 32.8 Å². The average Bonchev–Trinajstić information content (AvgIpc) is 3.10. The third-order valence-electron chi connectivity index (χ3n) is 3.28. The van der Waals surface area contributed by atoms with Crippen LogP contribution in [0.4, 0.5) is 5.69 Å². The summed E-state index contributed by atoms with van der Waals surface area (Å²) in [5, 5.41) is 8.66. The summed E-state index contributed by atoms with van der Waals surface area (Å²) < 4.78 is 10.9. The van der Waals surface area contributed by atoms with E-state index in [0.717, 1.165) is 36.9 Å². The third kappa shape index (κ3) is 7.11. The number of nitrogens with zero attached hydrogens (tertiary/aromatic N) is 1. The predicted octanol–water partition coefficient (Wildman–Crippen LogP) is 4.39. The fourth-order valence-corrected chi connectivity index (χ4v) is 2.89. The molecule has 0 saturated heterocycles. The maximum atomic E-state index is 5.54. The molecule has 138 valence electrons. The fourth-order valence-electron chi connectivity index (χ4n) is 2.20. The smallest absolute Gasteiger partial charge is 0.195 e. The van der Waals surface area contributed by atoms with Gasteiger partial charge in [0.25, 0.3) is 0 Å². The van der Waals surface area contributed by atoms with Gasteiger partial charge in [-0.05, 0) is 37.4 Å². The number of ether oxygens (including phenoxy) is 2. The van der Waals surface area contributed by atoms with Gasteiger partial charge in [0.2, 0.25) is 0 Å². The van der Waals surface area contributed by atoms with Gasteiger partial charge in [-0.2, -0.15) is 0 Å². The molecule has 0 fully saturated rings. The first-order valence-electron chi connectivity index (χ1n) is 8.15. The maximum absolute atomic E-state index is 5.54. The largest absolute Gasteiger partial charge is 0.493 e. The predicted molar refractivity (Wildman–Crippen MR) is 117 cm³/mol. The number of halogens is 1. The second kappa shape index (κ2) is 12.0. The molecular weight excluding hydrogens is 449 g/mol. The average molecular weight is 475 g/mol. The summed E-state index contributed by atoms with van der Waals surface area (Å²) in [5.74, 6) is 2.21. The molecule has 7 heteroatoms. The molecule has 2 rings (SSSR count). The number of anilines is 1. The van der Waals surface area contributed by atoms with E-state index in [-0.39, 0.29) is 24.0 Å². The topological polar surface area (TPSA) is 54.9 Å². The number of nitrogens with one attached hydrogen (secondary N) is 2. The van der Waals surface area contributed by atoms with Gasteiger partial charge < -0.3 is 20.1 Å². The highest BCUT2D eigenvalue weighted by Gasteiger charge is 2.07. The van der Waals surface area contributed by atoms with Gasteiger partial charge >= 0.3 is 0 Å². The Morgan fingerprint density at radius 2 is 2.04 bits per heavy atom. The van der Waals surface area contributed by atoms with Crippen molar-refractivity contribution < 1.29 is 9.47 Å². The van der Waals surface area contributed by atoms with Crippen molar-refractivity contribution in [3.05, 3.63) is 40.6 Å². The first kappa shape index (κ1) is 21.6. The molecule has 5 nitrogen and oxygen atoms in total. The van der Waals surface area contributed by atoms with E-state index >= 15 is 0 Å². The molecule has 25 heavy (non-hydrogen) atoms. The van der Waals surface area contributed by atoms with Gasteiger partial charge in [0, 0.05) is 36.1 Å². The zero-order chi connectivity index (χ0) is 17.2. The zero-order valence-corrected chi connectivity index (χ0v) is 18.0. The molecule has 1 heterocycles. The lowest BCUT2D eigenvalue weighted by Crippen LogP contribution is -2.30. The number of benzene rings is 1. The molecule has 1 aromatic carbocycles. The lowest BCUT2D eigenvalue weighted by molar-refractivity contribution is 0.311. The van der Waals surface area contributed by atoms with Crippen molar-refractivity contribution in [2.45, 2.75) is 20.3 Å². The van der Waals surface area contributed by atoms with E-state index in [2.05, 4.69) is 40.1 Å². The Bertz CT molecular complexity index is 648. The normalized spacial score (nSPS) is 10.8. The molecule has 1 aromatic heterocycles. The number of hydrogen-bond donors (Lipinski definition) is 2. The van der Waals surface area contributed by atoms with Crippen molar-refractivity contribution in [2.75, 3.05) is 32.1 Å². The highest BCUT2D eigenvalue weighted by atomic mass is 127. The van der Waals surface area contributed by atoms with E-state index in [0.29, 0.717) is 12.4 Å². The van der Waals surface area contributed by atoms with Crippen LogP contribution in [0.1, 0.15) is 18.7 Å². The summed E-state index contributed by atoms with van der Waals surface area (Å²) in [5.41, 5.74) is 0.908. The molecule has 0 radical (unpaired) electrons. The summed E-state index contributed by atoms with van der Waals surface area (Å²) in [7, 11) is 1.64. The summed E-state index contributed by atoms with van der Waals surface area (Å²) in [4.78, 5) is 5.97. The summed E-state index contributed by atoms with van der Waals surface area (Å²) in [6.45, 7) is 6.16. The first-order chi connectivity index (χ1) is 11.8. The van der Waals surface area contributed by atoms with Crippen LogP contribution in [-0.2, 0) is 6.42 Å². The number of methoxy groups -OCH3 is 1. The molecule has 0 aliphatic heterocycles. The molecule has 0 aliphatic rings. The van der Waals surface area contributed by atoms with E-state index in [9.17, 15) is 0 Å².